The number of ether oxygens (including phenoxy) is 1. The van der Waals surface area contributed by atoms with Gasteiger partial charge in [-0.1, -0.05) is 5.16 Å². The van der Waals surface area contributed by atoms with Gasteiger partial charge in [0, 0.05) is 30.3 Å². The lowest BCUT2D eigenvalue weighted by Crippen LogP contribution is -2.12. The molecule has 0 bridgehead atoms. The van der Waals surface area contributed by atoms with Crippen LogP contribution in [0.1, 0.15) is 29.3 Å². The van der Waals surface area contributed by atoms with Gasteiger partial charge in [0.2, 0.25) is 5.91 Å². The van der Waals surface area contributed by atoms with Crippen LogP contribution in [0.15, 0.2) is 28.8 Å². The molecule has 0 atom stereocenters. The van der Waals surface area contributed by atoms with Crippen molar-refractivity contribution >= 4 is 11.6 Å². The van der Waals surface area contributed by atoms with Crippen LogP contribution in [0, 0.1) is 13.8 Å². The van der Waals surface area contributed by atoms with Crippen molar-refractivity contribution in [1.29, 1.82) is 0 Å². The largest absolute Gasteiger partial charge is 0.377 e. The Hall–Kier alpha value is -3.00. The van der Waals surface area contributed by atoms with Crippen molar-refractivity contribution in [2.24, 2.45) is 0 Å². The van der Waals surface area contributed by atoms with E-state index in [0.717, 1.165) is 28.3 Å². The monoisotopic (exact) mass is 355 g/mol. The van der Waals surface area contributed by atoms with Crippen LogP contribution in [0.3, 0.4) is 0 Å². The first-order valence-corrected chi connectivity index (χ1v) is 8.29. The van der Waals surface area contributed by atoms with Crippen LogP contribution < -0.4 is 5.32 Å². The molecule has 8 nitrogen and oxygen atoms in total. The molecule has 0 spiro atoms. The average Bonchev–Trinajstić information content (AvgIpc) is 3.21. The van der Waals surface area contributed by atoms with Crippen LogP contribution in [0.5, 0.6) is 0 Å². The second kappa shape index (κ2) is 7.92. The molecular formula is C18H21N5O3. The molecule has 0 fully saturated rings. The van der Waals surface area contributed by atoms with Gasteiger partial charge in [-0.2, -0.15) is 5.10 Å². The molecule has 26 heavy (non-hydrogen) atoms. The molecule has 1 aromatic carbocycles. The summed E-state index contributed by atoms with van der Waals surface area (Å²) >= 11 is 0. The molecule has 2 heterocycles. The number of aromatic amines is 1. The van der Waals surface area contributed by atoms with Gasteiger partial charge in [0.15, 0.2) is 11.6 Å². The number of aryl methyl sites for hydroxylation is 2. The highest BCUT2D eigenvalue weighted by molar-refractivity contribution is 5.91. The number of nitrogens with one attached hydrogen (secondary N) is 2. The summed E-state index contributed by atoms with van der Waals surface area (Å²) < 4.78 is 10.1. The van der Waals surface area contributed by atoms with Crippen LogP contribution in [-0.2, 0) is 22.6 Å². The minimum atomic E-state index is -0.0574. The standard InChI is InChI=1S/C18H21N5O3/c1-11-15(12(2)26-23-11)8-9-17(24)19-14-6-4-13(5-7-14)18-20-16(10-25-3)21-22-18/h4-7H,8-10H2,1-3H3,(H,19,24)(H,20,21,22). The van der Waals surface area contributed by atoms with E-state index >= 15 is 0 Å². The smallest absolute Gasteiger partial charge is 0.224 e. The number of aromatic nitrogens is 4. The molecule has 3 aromatic rings. The number of benzene rings is 1. The Morgan fingerprint density at radius 1 is 1.27 bits per heavy atom. The van der Waals surface area contributed by atoms with Crippen molar-refractivity contribution in [1.82, 2.24) is 20.3 Å². The first kappa shape index (κ1) is 17.8. The summed E-state index contributed by atoms with van der Waals surface area (Å²) in [4.78, 5) is 16.5. The Bertz CT molecular complexity index is 863. The number of hydrogen-bond acceptors (Lipinski definition) is 6. The number of carbonyl (C=O) groups excluding carboxylic acids is 1. The lowest BCUT2D eigenvalue weighted by atomic mass is 10.1. The van der Waals surface area contributed by atoms with Gasteiger partial charge in [-0.05, 0) is 44.5 Å². The van der Waals surface area contributed by atoms with Crippen LogP contribution in [0.25, 0.3) is 11.4 Å². The van der Waals surface area contributed by atoms with E-state index < -0.39 is 0 Å². The number of H-pyrrole nitrogens is 1. The first-order chi connectivity index (χ1) is 12.6. The molecular weight excluding hydrogens is 334 g/mol. The molecule has 2 aromatic heterocycles. The quantitative estimate of drug-likeness (QED) is 0.675. The lowest BCUT2D eigenvalue weighted by molar-refractivity contribution is -0.116. The van der Waals surface area contributed by atoms with Gasteiger partial charge < -0.3 is 14.6 Å². The molecule has 0 saturated heterocycles. The maximum atomic E-state index is 12.2. The molecule has 2 N–H and O–H groups in total. The fraction of sp³-hybridized carbons (Fsp3) is 0.333. The van der Waals surface area contributed by atoms with Crippen molar-refractivity contribution in [2.75, 3.05) is 12.4 Å². The van der Waals surface area contributed by atoms with Gasteiger partial charge in [0.1, 0.15) is 12.4 Å². The van der Waals surface area contributed by atoms with E-state index in [4.69, 9.17) is 9.26 Å². The summed E-state index contributed by atoms with van der Waals surface area (Å²) in [6.45, 7) is 4.11. The molecule has 0 aliphatic heterocycles. The third-order valence-electron chi connectivity index (χ3n) is 4.02. The third-order valence-corrected chi connectivity index (χ3v) is 4.02. The number of methoxy groups -OCH3 is 1. The second-order valence-corrected chi connectivity index (χ2v) is 5.97. The van der Waals surface area contributed by atoms with Gasteiger partial charge in [0.05, 0.1) is 5.69 Å². The van der Waals surface area contributed by atoms with Crippen LogP contribution in [-0.4, -0.2) is 33.4 Å². The number of rotatable bonds is 7. The summed E-state index contributed by atoms with van der Waals surface area (Å²) in [7, 11) is 1.60. The Labute approximate surface area is 151 Å². The number of amides is 1. The molecule has 136 valence electrons. The highest BCUT2D eigenvalue weighted by Crippen LogP contribution is 2.19. The Morgan fingerprint density at radius 2 is 2.04 bits per heavy atom. The molecule has 8 heteroatoms. The van der Waals surface area contributed by atoms with E-state index in [2.05, 4.69) is 25.7 Å². The number of hydrogen-bond donors (Lipinski definition) is 2. The number of nitrogens with zero attached hydrogens (tertiary/aromatic N) is 3. The fourth-order valence-electron chi connectivity index (χ4n) is 2.65. The SMILES string of the molecule is COCc1nc(-c2ccc(NC(=O)CCc3c(C)noc3C)cc2)n[nH]1. The highest BCUT2D eigenvalue weighted by atomic mass is 16.5. The summed E-state index contributed by atoms with van der Waals surface area (Å²) in [5, 5.41) is 13.8. The topological polar surface area (TPSA) is 106 Å². The zero-order chi connectivity index (χ0) is 18.5. The predicted octanol–water partition coefficient (Wildman–Crippen LogP) is 2.79. The number of carbonyl (C=O) groups is 1. The van der Waals surface area contributed by atoms with Gasteiger partial charge in [-0.3, -0.25) is 9.89 Å². The van der Waals surface area contributed by atoms with Crippen molar-refractivity contribution < 1.29 is 14.1 Å². The van der Waals surface area contributed by atoms with E-state index in [1.54, 1.807) is 7.11 Å². The van der Waals surface area contributed by atoms with Crippen molar-refractivity contribution in [3.63, 3.8) is 0 Å². The van der Waals surface area contributed by atoms with E-state index in [-0.39, 0.29) is 5.91 Å². The third kappa shape index (κ3) is 4.15. The molecule has 1 amide bonds. The van der Waals surface area contributed by atoms with Crippen LogP contribution in [0.4, 0.5) is 5.69 Å². The minimum Gasteiger partial charge on any atom is -0.377 e. The molecule has 0 radical (unpaired) electrons. The van der Waals surface area contributed by atoms with Crippen LogP contribution in [0.2, 0.25) is 0 Å². The highest BCUT2D eigenvalue weighted by Gasteiger charge is 2.12. The maximum absolute atomic E-state index is 12.2. The normalized spacial score (nSPS) is 10.9. The summed E-state index contributed by atoms with van der Waals surface area (Å²) in [5.41, 5.74) is 3.41. The van der Waals surface area contributed by atoms with E-state index in [1.807, 2.05) is 38.1 Å². The van der Waals surface area contributed by atoms with Gasteiger partial charge in [0.25, 0.3) is 0 Å². The zero-order valence-electron chi connectivity index (χ0n) is 15.0. The van der Waals surface area contributed by atoms with Gasteiger partial charge in [-0.15, -0.1) is 0 Å². The minimum absolute atomic E-state index is 0.0574. The summed E-state index contributed by atoms with van der Waals surface area (Å²) in [6.07, 6.45) is 0.969. The van der Waals surface area contributed by atoms with Crippen molar-refractivity contribution in [2.45, 2.75) is 33.3 Å². The Balaban J connectivity index is 1.57. The summed E-state index contributed by atoms with van der Waals surface area (Å²) in [5.74, 6) is 1.96. The first-order valence-electron chi connectivity index (χ1n) is 8.29. The lowest BCUT2D eigenvalue weighted by Gasteiger charge is -2.06. The number of anilines is 1. The van der Waals surface area contributed by atoms with E-state index in [1.165, 1.54) is 0 Å². The van der Waals surface area contributed by atoms with Crippen molar-refractivity contribution in [3.8, 4) is 11.4 Å². The van der Waals surface area contributed by atoms with Crippen molar-refractivity contribution in [3.05, 3.63) is 47.1 Å². The summed E-state index contributed by atoms with van der Waals surface area (Å²) in [6, 6.07) is 7.39. The Kier molecular flexibility index (Phi) is 5.43. The van der Waals surface area contributed by atoms with Gasteiger partial charge >= 0.3 is 0 Å². The predicted molar refractivity (Wildman–Crippen MR) is 95.5 cm³/mol. The van der Waals surface area contributed by atoms with Crippen LogP contribution >= 0.6 is 0 Å². The molecule has 0 unspecified atom stereocenters. The maximum Gasteiger partial charge on any atom is 0.224 e. The van der Waals surface area contributed by atoms with E-state index in [0.29, 0.717) is 31.1 Å². The van der Waals surface area contributed by atoms with E-state index in [9.17, 15) is 4.79 Å². The average molecular weight is 355 g/mol. The molecule has 3 rings (SSSR count). The second-order valence-electron chi connectivity index (χ2n) is 5.97. The van der Waals surface area contributed by atoms with Gasteiger partial charge in [-0.25, -0.2) is 4.98 Å². The molecule has 0 aliphatic carbocycles. The molecule has 0 aliphatic rings. The fourth-order valence-corrected chi connectivity index (χ4v) is 2.65. The zero-order valence-corrected chi connectivity index (χ0v) is 15.0. The molecule has 0 saturated carbocycles. The Morgan fingerprint density at radius 3 is 2.69 bits per heavy atom.